The lowest BCUT2D eigenvalue weighted by Crippen LogP contribution is -2.48. The molecule has 0 bridgehead atoms. The highest BCUT2D eigenvalue weighted by atomic mass is 19.3. The van der Waals surface area contributed by atoms with Crippen LogP contribution in [0.25, 0.3) is 0 Å². The molecular formula is C16H15F3N2O2. The van der Waals surface area contributed by atoms with Gasteiger partial charge in [-0.1, -0.05) is 12.1 Å². The number of alkyl halides is 3. The Labute approximate surface area is 130 Å². The third kappa shape index (κ3) is 1.91. The topological polar surface area (TPSA) is 63.4 Å². The van der Waals surface area contributed by atoms with Gasteiger partial charge in [-0.25, -0.2) is 13.2 Å². The lowest BCUT2D eigenvalue weighted by molar-refractivity contribution is -0.118. The summed E-state index contributed by atoms with van der Waals surface area (Å²) >= 11 is 0. The molecule has 3 aliphatic rings. The van der Waals surface area contributed by atoms with Gasteiger partial charge in [0.2, 0.25) is 5.91 Å². The summed E-state index contributed by atoms with van der Waals surface area (Å²) in [6.45, 7) is -0.664. The average molecular weight is 324 g/mol. The van der Waals surface area contributed by atoms with Crippen molar-refractivity contribution < 1.29 is 22.8 Å². The first-order valence-electron chi connectivity index (χ1n) is 7.48. The lowest BCUT2D eigenvalue weighted by Gasteiger charge is -2.34. The molecule has 2 amide bonds. The molecule has 2 saturated carbocycles. The Morgan fingerprint density at radius 1 is 1.26 bits per heavy atom. The van der Waals surface area contributed by atoms with Crippen molar-refractivity contribution in [3.63, 3.8) is 0 Å². The Hall–Kier alpha value is -2.05. The zero-order chi connectivity index (χ0) is 16.6. The van der Waals surface area contributed by atoms with E-state index < -0.39 is 41.8 Å². The van der Waals surface area contributed by atoms with Crippen molar-refractivity contribution in [2.75, 3.05) is 13.1 Å². The van der Waals surface area contributed by atoms with Crippen molar-refractivity contribution in [1.29, 1.82) is 0 Å². The van der Waals surface area contributed by atoms with Crippen LogP contribution in [0.15, 0.2) is 18.2 Å². The smallest absolute Gasteiger partial charge is 0.260 e. The van der Waals surface area contributed by atoms with Crippen molar-refractivity contribution >= 4 is 11.8 Å². The van der Waals surface area contributed by atoms with Crippen molar-refractivity contribution in [2.45, 2.75) is 36.3 Å². The Morgan fingerprint density at radius 3 is 2.43 bits per heavy atom. The molecule has 0 aromatic heterocycles. The predicted molar refractivity (Wildman–Crippen MR) is 74.8 cm³/mol. The van der Waals surface area contributed by atoms with Gasteiger partial charge in [0.25, 0.3) is 11.8 Å². The zero-order valence-corrected chi connectivity index (χ0v) is 12.2. The molecule has 1 aliphatic heterocycles. The minimum Gasteiger partial charge on any atom is -0.368 e. The van der Waals surface area contributed by atoms with E-state index >= 15 is 0 Å². The van der Waals surface area contributed by atoms with Crippen molar-refractivity contribution in [2.24, 2.45) is 5.73 Å². The first kappa shape index (κ1) is 14.5. The number of primary amides is 1. The molecule has 2 aliphatic carbocycles. The number of carbonyl (C=O) groups is 2. The second kappa shape index (κ2) is 4.07. The van der Waals surface area contributed by atoms with Crippen molar-refractivity contribution in [1.82, 2.24) is 4.90 Å². The van der Waals surface area contributed by atoms with E-state index in [0.717, 1.165) is 4.90 Å². The maximum atomic E-state index is 14.3. The first-order valence-corrected chi connectivity index (χ1v) is 7.48. The minimum absolute atomic E-state index is 0.114. The SMILES string of the molecule is NC(=O)CN1CC2(CC2(F)F)c2cc(C3(F)CC3)ccc2C1=O. The van der Waals surface area contributed by atoms with E-state index in [4.69, 9.17) is 5.73 Å². The van der Waals surface area contributed by atoms with Gasteiger partial charge >= 0.3 is 0 Å². The van der Waals surface area contributed by atoms with Gasteiger partial charge < -0.3 is 10.6 Å². The summed E-state index contributed by atoms with van der Waals surface area (Å²) in [5.74, 6) is -4.23. The van der Waals surface area contributed by atoms with Crippen LogP contribution in [0.4, 0.5) is 13.2 Å². The fourth-order valence-corrected chi connectivity index (χ4v) is 3.57. The Bertz CT molecular complexity index is 745. The van der Waals surface area contributed by atoms with Gasteiger partial charge in [-0.3, -0.25) is 9.59 Å². The molecule has 1 spiro atoms. The van der Waals surface area contributed by atoms with E-state index in [9.17, 15) is 22.8 Å². The van der Waals surface area contributed by atoms with Gasteiger partial charge in [-0.15, -0.1) is 0 Å². The third-order valence-electron chi connectivity index (χ3n) is 5.17. The average Bonchev–Trinajstić information content (AvgIpc) is 3.33. The second-order valence-electron chi connectivity index (χ2n) is 6.82. The normalized spacial score (nSPS) is 29.3. The number of nitrogens with two attached hydrogens (primary N) is 1. The van der Waals surface area contributed by atoms with E-state index in [-0.39, 0.29) is 17.7 Å². The first-order chi connectivity index (χ1) is 10.7. The van der Waals surface area contributed by atoms with Crippen LogP contribution in [0, 0.1) is 0 Å². The summed E-state index contributed by atoms with van der Waals surface area (Å²) in [7, 11) is 0. The summed E-state index contributed by atoms with van der Waals surface area (Å²) in [4.78, 5) is 24.6. The third-order valence-corrected chi connectivity index (χ3v) is 5.17. The van der Waals surface area contributed by atoms with Crippen LogP contribution in [0.5, 0.6) is 0 Å². The van der Waals surface area contributed by atoms with Gasteiger partial charge in [0.05, 0.1) is 12.0 Å². The molecule has 4 nitrogen and oxygen atoms in total. The van der Waals surface area contributed by atoms with E-state index in [0.29, 0.717) is 18.4 Å². The molecule has 23 heavy (non-hydrogen) atoms. The summed E-state index contributed by atoms with van der Waals surface area (Å²) < 4.78 is 42.4. The number of nitrogens with zero attached hydrogens (tertiary/aromatic N) is 1. The fourth-order valence-electron chi connectivity index (χ4n) is 3.57. The van der Waals surface area contributed by atoms with Gasteiger partial charge in [0.1, 0.15) is 5.67 Å². The number of fused-ring (bicyclic) bond motifs is 2. The summed E-state index contributed by atoms with van der Waals surface area (Å²) in [5.41, 5.74) is 2.80. The molecule has 122 valence electrons. The maximum Gasteiger partial charge on any atom is 0.260 e. The fraction of sp³-hybridized carbons (Fsp3) is 0.500. The number of carbonyl (C=O) groups excluding carboxylic acids is 2. The number of amides is 2. The largest absolute Gasteiger partial charge is 0.368 e. The van der Waals surface area contributed by atoms with Crippen molar-refractivity contribution in [3.8, 4) is 0 Å². The Balaban J connectivity index is 1.82. The van der Waals surface area contributed by atoms with Gasteiger partial charge in [0, 0.05) is 18.5 Å². The highest BCUT2D eigenvalue weighted by Crippen LogP contribution is 2.64. The quantitative estimate of drug-likeness (QED) is 0.922. The second-order valence-corrected chi connectivity index (χ2v) is 6.82. The zero-order valence-electron chi connectivity index (χ0n) is 12.2. The molecule has 1 unspecified atom stereocenters. The van der Waals surface area contributed by atoms with Crippen LogP contribution in [-0.2, 0) is 15.9 Å². The van der Waals surface area contributed by atoms with Crippen LogP contribution >= 0.6 is 0 Å². The molecule has 0 radical (unpaired) electrons. The van der Waals surface area contributed by atoms with Crippen LogP contribution < -0.4 is 5.73 Å². The van der Waals surface area contributed by atoms with E-state index in [1.165, 1.54) is 18.2 Å². The molecule has 1 atom stereocenters. The van der Waals surface area contributed by atoms with Crippen LogP contribution in [0.1, 0.15) is 40.7 Å². The number of benzene rings is 1. The molecular weight excluding hydrogens is 309 g/mol. The summed E-state index contributed by atoms with van der Waals surface area (Å²) in [5, 5.41) is 0. The molecule has 4 rings (SSSR count). The van der Waals surface area contributed by atoms with E-state index in [1.54, 1.807) is 0 Å². The van der Waals surface area contributed by atoms with Crippen LogP contribution in [0.2, 0.25) is 0 Å². The molecule has 0 saturated heterocycles. The Morgan fingerprint density at radius 2 is 1.91 bits per heavy atom. The standard InChI is InChI=1S/C16H15F3N2O2/c17-15(3-4-15)9-1-2-10-11(5-9)14(7-16(14,18)19)8-21(13(10)23)6-12(20)22/h1-2,5H,3-4,6-8H2,(H2,20,22). The monoisotopic (exact) mass is 324 g/mol. The number of rotatable bonds is 3. The van der Waals surface area contributed by atoms with Gasteiger partial charge in [0.15, 0.2) is 0 Å². The number of hydrogen-bond acceptors (Lipinski definition) is 2. The molecule has 2 fully saturated rings. The molecule has 1 heterocycles. The number of halogens is 3. The Kier molecular flexibility index (Phi) is 2.57. The highest BCUT2D eigenvalue weighted by Gasteiger charge is 2.74. The molecule has 2 N–H and O–H groups in total. The summed E-state index contributed by atoms with van der Waals surface area (Å²) in [6, 6.07) is 4.30. The molecule has 1 aromatic carbocycles. The van der Waals surface area contributed by atoms with Gasteiger partial charge in [-0.2, -0.15) is 0 Å². The maximum absolute atomic E-state index is 14.3. The lowest BCUT2D eigenvalue weighted by atomic mass is 9.84. The van der Waals surface area contributed by atoms with Crippen molar-refractivity contribution in [3.05, 3.63) is 34.9 Å². The molecule has 1 aromatic rings. The number of hydrogen-bond donors (Lipinski definition) is 1. The van der Waals surface area contributed by atoms with Crippen LogP contribution in [0.3, 0.4) is 0 Å². The van der Waals surface area contributed by atoms with E-state index in [2.05, 4.69) is 0 Å². The predicted octanol–water partition coefficient (Wildman–Crippen LogP) is 1.86. The molecule has 7 heteroatoms. The highest BCUT2D eigenvalue weighted by molar-refractivity contribution is 6.00. The van der Waals surface area contributed by atoms with E-state index in [1.807, 2.05) is 0 Å². The minimum atomic E-state index is -2.97. The summed E-state index contributed by atoms with van der Waals surface area (Å²) in [6.07, 6.45) is 0.339. The van der Waals surface area contributed by atoms with Crippen LogP contribution in [-0.4, -0.2) is 35.7 Å². The van der Waals surface area contributed by atoms with Gasteiger partial charge in [-0.05, 0) is 30.0 Å².